The molecule has 1 aliphatic carbocycles. The van der Waals surface area contributed by atoms with Crippen molar-refractivity contribution < 1.29 is 22.6 Å². The van der Waals surface area contributed by atoms with Crippen molar-refractivity contribution in [2.75, 3.05) is 12.3 Å². The van der Waals surface area contributed by atoms with Crippen LogP contribution in [-0.4, -0.2) is 51.5 Å². The van der Waals surface area contributed by atoms with Crippen LogP contribution in [0.2, 0.25) is 5.02 Å². The van der Waals surface area contributed by atoms with Crippen molar-refractivity contribution in [3.8, 4) is 11.1 Å². The van der Waals surface area contributed by atoms with E-state index in [0.717, 1.165) is 45.0 Å². The van der Waals surface area contributed by atoms with Gasteiger partial charge in [0, 0.05) is 0 Å². The van der Waals surface area contributed by atoms with E-state index in [0.29, 0.717) is 28.3 Å². The van der Waals surface area contributed by atoms with E-state index < -0.39 is 37.5 Å². The van der Waals surface area contributed by atoms with Crippen LogP contribution in [0.25, 0.3) is 11.1 Å². The Morgan fingerprint density at radius 2 is 1.65 bits per heavy atom. The van der Waals surface area contributed by atoms with Crippen LogP contribution >= 0.6 is 11.6 Å². The monoisotopic (exact) mass is 747 g/mol. The first kappa shape index (κ1) is 36.1. The predicted octanol–water partition coefficient (Wildman–Crippen LogP) is 7.23. The van der Waals surface area contributed by atoms with E-state index in [-0.39, 0.29) is 17.0 Å². The number of nitrogens with one attached hydrogen (secondary N) is 1. The van der Waals surface area contributed by atoms with Gasteiger partial charge >= 0.3 is 285 Å². The molecular weight excluding hydrogens is 705 g/mol. The Bertz CT molecular complexity index is 1860. The summed E-state index contributed by atoms with van der Waals surface area (Å²) in [6, 6.07) is 29.9. The summed E-state index contributed by atoms with van der Waals surface area (Å²) in [6.45, 7) is 6.55. The molecule has 0 aliphatic heterocycles. The average Bonchev–Trinajstić information content (AvgIpc) is 3.04. The van der Waals surface area contributed by atoms with Gasteiger partial charge in [0.05, 0.1) is 0 Å². The van der Waals surface area contributed by atoms with Crippen molar-refractivity contribution in [3.05, 3.63) is 124 Å². The maximum atomic E-state index is 14.2. The molecule has 0 spiro atoms. The van der Waals surface area contributed by atoms with Crippen LogP contribution in [0.4, 0.5) is 0 Å². The molecule has 0 heterocycles. The molecule has 0 bridgehead atoms. The van der Waals surface area contributed by atoms with Crippen LogP contribution in [0.15, 0.2) is 91.0 Å². The van der Waals surface area contributed by atoms with Gasteiger partial charge in [0.1, 0.15) is 0 Å². The topological polar surface area (TPSA) is 101 Å². The molecule has 252 valence electrons. The zero-order valence-corrected chi connectivity index (χ0v) is 31.3. The van der Waals surface area contributed by atoms with Crippen LogP contribution in [0.1, 0.15) is 84.0 Å². The predicted molar refractivity (Wildman–Crippen MR) is 196 cm³/mol. The van der Waals surface area contributed by atoms with Crippen LogP contribution < -0.4 is 9.67 Å². The Morgan fingerprint density at radius 1 is 0.958 bits per heavy atom. The van der Waals surface area contributed by atoms with Gasteiger partial charge in [-0.25, -0.2) is 0 Å². The Hall–Kier alpha value is -3.22. The van der Waals surface area contributed by atoms with E-state index in [1.54, 1.807) is 12.1 Å². The number of rotatable bonds is 12. The number of hydrogen-bond donors (Lipinski definition) is 2. The first-order valence-electron chi connectivity index (χ1n) is 16.4. The summed E-state index contributed by atoms with van der Waals surface area (Å²) < 4.78 is 32.2. The molecule has 1 amide bonds. The summed E-state index contributed by atoms with van der Waals surface area (Å²) in [6.07, 6.45) is 5.19. The summed E-state index contributed by atoms with van der Waals surface area (Å²) in [7, 11) is -4.16. The summed E-state index contributed by atoms with van der Waals surface area (Å²) in [4.78, 5) is 26.7. The van der Waals surface area contributed by atoms with E-state index in [1.807, 2.05) is 37.3 Å². The number of carbonyl (C=O) groups is 2. The first-order chi connectivity index (χ1) is 22.8. The average molecular weight is 748 g/mol. The van der Waals surface area contributed by atoms with E-state index in [4.69, 9.17) is 16.2 Å². The number of hydrogen-bond acceptors (Lipinski definition) is 4. The molecule has 5 rings (SSSR count). The molecule has 1 fully saturated rings. The van der Waals surface area contributed by atoms with Crippen molar-refractivity contribution in [3.63, 3.8) is 0 Å². The Balaban J connectivity index is 1.36. The number of amides is 1. The molecule has 2 atom stereocenters. The van der Waals surface area contributed by atoms with Crippen molar-refractivity contribution in [2.24, 2.45) is 5.41 Å². The number of carbonyl (C=O) groups excluding carboxylic acids is 2. The van der Waals surface area contributed by atoms with Gasteiger partial charge in [0.15, 0.2) is 0 Å². The molecular formula is C39H43AsClNO5S. The van der Waals surface area contributed by atoms with Crippen molar-refractivity contribution >= 4 is 52.3 Å². The molecule has 4 aromatic carbocycles. The second-order valence-corrected chi connectivity index (χ2v) is 18.4. The van der Waals surface area contributed by atoms with Gasteiger partial charge in [-0.05, 0) is 0 Å². The van der Waals surface area contributed by atoms with Crippen LogP contribution in [-0.2, 0) is 21.3 Å². The molecule has 9 heteroatoms. The number of halogens is 1. The summed E-state index contributed by atoms with van der Waals surface area (Å²) >= 11 is 5.03. The quantitative estimate of drug-likeness (QED) is 0.118. The van der Waals surface area contributed by atoms with Crippen LogP contribution in [0, 0.1) is 12.3 Å². The fourth-order valence-electron chi connectivity index (χ4n) is 6.46. The third-order valence-electron chi connectivity index (χ3n) is 9.39. The van der Waals surface area contributed by atoms with E-state index in [2.05, 4.69) is 67.7 Å². The van der Waals surface area contributed by atoms with Gasteiger partial charge in [0.25, 0.3) is 0 Å². The summed E-state index contributed by atoms with van der Waals surface area (Å²) in [5, 5.41) is 3.23. The number of benzene rings is 4. The van der Waals surface area contributed by atoms with Gasteiger partial charge in [0.2, 0.25) is 0 Å². The van der Waals surface area contributed by atoms with Crippen LogP contribution in [0.5, 0.6) is 0 Å². The van der Waals surface area contributed by atoms with Crippen molar-refractivity contribution in [2.45, 2.75) is 64.7 Å². The number of aryl methyl sites for hydroxylation is 1. The molecule has 1 saturated carbocycles. The molecule has 0 radical (unpaired) electrons. The molecule has 1 unspecified atom stereocenters. The minimum atomic E-state index is -4.16. The standard InChI is InChI=1S/C39H43AsClNO5S/c1-26-23-34(41)15-16-35(26)29-11-13-33(14-12-29)40-37(43)36(32-6-4-5-31(25-32)28-17-19-39(2,3)20-18-28)24-27-7-9-30(10-8-27)38(44)42-21-22-48(45,46)47/h4-16,23,25,28,36,40H,17-22,24H2,1-3H3,(H,42,44)(H,45,46,47)/t36-/m1/s1. The van der Waals surface area contributed by atoms with E-state index >= 15 is 0 Å². The third-order valence-corrected chi connectivity index (χ3v) is 12.9. The van der Waals surface area contributed by atoms with E-state index in [1.165, 1.54) is 18.4 Å². The van der Waals surface area contributed by atoms with Crippen LogP contribution in [0.3, 0.4) is 0 Å². The van der Waals surface area contributed by atoms with Gasteiger partial charge in [-0.3, -0.25) is 4.55 Å². The Morgan fingerprint density at radius 3 is 2.29 bits per heavy atom. The maximum absolute atomic E-state index is 14.2. The second kappa shape index (κ2) is 15.5. The Labute approximate surface area is 296 Å². The third kappa shape index (κ3) is 9.92. The van der Waals surface area contributed by atoms with Gasteiger partial charge in [-0.2, -0.15) is 8.42 Å². The summed E-state index contributed by atoms with van der Waals surface area (Å²) in [5.74, 6) is -0.805. The zero-order valence-electron chi connectivity index (χ0n) is 27.6. The fraction of sp³-hybridized carbons (Fsp3) is 0.333. The second-order valence-electron chi connectivity index (χ2n) is 13.6. The SMILES string of the molecule is Cc1cc(Cl)ccc1-c1ccc([AsH]C(=O)[C@H](Cc2ccc(C(=O)NCCS(=O)(=O)O)cc2)c2cccc(C3CCC(C)(C)CC3)c2)cc1. The molecule has 48 heavy (non-hydrogen) atoms. The van der Waals surface area contributed by atoms with Gasteiger partial charge in [-0.1, -0.05) is 0 Å². The van der Waals surface area contributed by atoms with Gasteiger partial charge < -0.3 is 0 Å². The first-order valence-corrected chi connectivity index (χ1v) is 20.4. The normalized spacial score (nSPS) is 15.8. The Kier molecular flexibility index (Phi) is 11.7. The molecule has 1 aliphatic rings. The fourth-order valence-corrected chi connectivity index (χ4v) is 9.27. The zero-order chi connectivity index (χ0) is 34.5. The van der Waals surface area contributed by atoms with Crippen molar-refractivity contribution in [1.82, 2.24) is 5.32 Å². The molecule has 0 saturated heterocycles. The molecule has 4 aromatic rings. The molecule has 2 N–H and O–H groups in total. The summed E-state index contributed by atoms with van der Waals surface area (Å²) in [5.41, 5.74) is 7.34. The minimum absolute atomic E-state index is 0.185. The molecule has 6 nitrogen and oxygen atoms in total. The molecule has 0 aromatic heterocycles. The van der Waals surface area contributed by atoms with E-state index in [9.17, 15) is 18.0 Å². The van der Waals surface area contributed by atoms with Gasteiger partial charge in [-0.15, -0.1) is 0 Å². The van der Waals surface area contributed by atoms with Crippen molar-refractivity contribution in [1.29, 1.82) is 0 Å².